The number of hydrogen-bond acceptors (Lipinski definition) is 5. The Morgan fingerprint density at radius 3 is 2.89 bits per heavy atom. The molecule has 5 nitrogen and oxygen atoms in total. The summed E-state index contributed by atoms with van der Waals surface area (Å²) in [5.74, 6) is -0.435. The molecule has 1 atom stereocenters. The molecule has 1 rings (SSSR count). The molecular formula is C12H18N2O3S. The molecule has 0 aliphatic heterocycles. The molecule has 0 saturated carbocycles. The summed E-state index contributed by atoms with van der Waals surface area (Å²) in [5.41, 5.74) is 5.35. The number of carbonyl (C=O) groups is 2. The van der Waals surface area contributed by atoms with E-state index in [0.29, 0.717) is 19.4 Å². The van der Waals surface area contributed by atoms with E-state index in [1.54, 1.807) is 0 Å². The van der Waals surface area contributed by atoms with Gasteiger partial charge in [0.1, 0.15) is 0 Å². The molecule has 6 heteroatoms. The number of thiophene rings is 1. The molecule has 0 aromatic carbocycles. The third-order valence-electron chi connectivity index (χ3n) is 2.43. The average molecular weight is 270 g/mol. The highest BCUT2D eigenvalue weighted by molar-refractivity contribution is 7.10. The van der Waals surface area contributed by atoms with E-state index in [1.165, 1.54) is 18.4 Å². The van der Waals surface area contributed by atoms with Crippen molar-refractivity contribution >= 4 is 23.2 Å². The summed E-state index contributed by atoms with van der Waals surface area (Å²) in [6.07, 6.45) is 1.16. The van der Waals surface area contributed by atoms with Crippen LogP contribution in [0.3, 0.4) is 0 Å². The Morgan fingerprint density at radius 1 is 1.56 bits per heavy atom. The van der Waals surface area contributed by atoms with Crippen LogP contribution in [0.25, 0.3) is 0 Å². The van der Waals surface area contributed by atoms with Crippen LogP contribution < -0.4 is 11.1 Å². The minimum atomic E-state index is -0.340. The van der Waals surface area contributed by atoms with Gasteiger partial charge >= 0.3 is 5.97 Å². The Labute approximate surface area is 110 Å². The van der Waals surface area contributed by atoms with Crippen LogP contribution in [0.15, 0.2) is 17.5 Å². The van der Waals surface area contributed by atoms with Gasteiger partial charge in [0.25, 0.3) is 0 Å². The van der Waals surface area contributed by atoms with Gasteiger partial charge in [-0.2, -0.15) is 0 Å². The van der Waals surface area contributed by atoms with Gasteiger partial charge in [-0.15, -0.1) is 11.3 Å². The van der Waals surface area contributed by atoms with Gasteiger partial charge in [0.2, 0.25) is 5.91 Å². The van der Waals surface area contributed by atoms with Crippen molar-refractivity contribution in [3.8, 4) is 0 Å². The molecular weight excluding hydrogens is 252 g/mol. The SMILES string of the molecule is COC(=O)CC(NC(=O)CCCN)c1cccs1. The summed E-state index contributed by atoms with van der Waals surface area (Å²) in [4.78, 5) is 23.9. The summed E-state index contributed by atoms with van der Waals surface area (Å²) in [6.45, 7) is 0.480. The average Bonchev–Trinajstić information content (AvgIpc) is 2.89. The maximum absolute atomic E-state index is 11.7. The highest BCUT2D eigenvalue weighted by Crippen LogP contribution is 2.22. The van der Waals surface area contributed by atoms with Gasteiger partial charge in [-0.1, -0.05) is 6.07 Å². The molecule has 0 fully saturated rings. The molecule has 0 bridgehead atoms. The minimum absolute atomic E-state index is 0.0947. The fraction of sp³-hybridized carbons (Fsp3) is 0.500. The predicted octanol–water partition coefficient (Wildman–Crippen LogP) is 1.21. The van der Waals surface area contributed by atoms with E-state index in [2.05, 4.69) is 10.1 Å². The number of ether oxygens (including phenoxy) is 1. The van der Waals surface area contributed by atoms with Crippen LogP contribution in [0, 0.1) is 0 Å². The number of esters is 1. The number of rotatable bonds is 7. The van der Waals surface area contributed by atoms with E-state index in [0.717, 1.165) is 4.88 Å². The van der Waals surface area contributed by atoms with Crippen molar-refractivity contribution in [3.63, 3.8) is 0 Å². The summed E-state index contributed by atoms with van der Waals surface area (Å²) >= 11 is 1.50. The van der Waals surface area contributed by atoms with Crippen LogP contribution in [-0.4, -0.2) is 25.5 Å². The van der Waals surface area contributed by atoms with E-state index in [-0.39, 0.29) is 24.3 Å². The van der Waals surface area contributed by atoms with Crippen LogP contribution in [0.4, 0.5) is 0 Å². The van der Waals surface area contributed by atoms with Crippen molar-refractivity contribution in [2.45, 2.75) is 25.3 Å². The summed E-state index contributed by atoms with van der Waals surface area (Å²) in [7, 11) is 1.34. The smallest absolute Gasteiger partial charge is 0.307 e. The first kappa shape index (κ1) is 14.7. The molecule has 18 heavy (non-hydrogen) atoms. The van der Waals surface area contributed by atoms with E-state index in [9.17, 15) is 9.59 Å². The van der Waals surface area contributed by atoms with Crippen molar-refractivity contribution in [2.75, 3.05) is 13.7 Å². The number of amides is 1. The minimum Gasteiger partial charge on any atom is -0.469 e. The van der Waals surface area contributed by atoms with Gasteiger partial charge in [-0.3, -0.25) is 9.59 Å². The molecule has 0 aliphatic carbocycles. The van der Waals surface area contributed by atoms with Gasteiger partial charge in [-0.25, -0.2) is 0 Å². The second-order valence-corrected chi connectivity index (χ2v) is 4.79. The van der Waals surface area contributed by atoms with Crippen LogP contribution in [0.2, 0.25) is 0 Å². The Kier molecular flexibility index (Phi) is 6.38. The Morgan fingerprint density at radius 2 is 2.33 bits per heavy atom. The van der Waals surface area contributed by atoms with Gasteiger partial charge in [0.05, 0.1) is 19.6 Å². The molecule has 0 aliphatic rings. The fourth-order valence-corrected chi connectivity index (χ4v) is 2.27. The van der Waals surface area contributed by atoms with E-state index >= 15 is 0 Å². The molecule has 1 amide bonds. The zero-order chi connectivity index (χ0) is 13.4. The van der Waals surface area contributed by atoms with Crippen LogP contribution >= 0.6 is 11.3 Å². The van der Waals surface area contributed by atoms with Gasteiger partial charge in [-0.05, 0) is 24.4 Å². The number of nitrogens with one attached hydrogen (secondary N) is 1. The quantitative estimate of drug-likeness (QED) is 0.730. The van der Waals surface area contributed by atoms with Crippen LogP contribution in [0.1, 0.15) is 30.2 Å². The molecule has 3 N–H and O–H groups in total. The molecule has 0 spiro atoms. The van der Waals surface area contributed by atoms with Gasteiger partial charge < -0.3 is 15.8 Å². The standard InChI is InChI=1S/C12H18N2O3S/c1-17-12(16)8-9(10-4-3-7-18-10)14-11(15)5-2-6-13/h3-4,7,9H,2,5-6,8,13H2,1H3,(H,14,15). The lowest BCUT2D eigenvalue weighted by molar-refractivity contribution is -0.141. The van der Waals surface area contributed by atoms with E-state index < -0.39 is 0 Å². The zero-order valence-corrected chi connectivity index (χ0v) is 11.2. The van der Waals surface area contributed by atoms with Crippen molar-refractivity contribution < 1.29 is 14.3 Å². The first-order chi connectivity index (χ1) is 8.67. The monoisotopic (exact) mass is 270 g/mol. The largest absolute Gasteiger partial charge is 0.469 e. The molecule has 1 aromatic rings. The second-order valence-electron chi connectivity index (χ2n) is 3.81. The Bertz CT molecular complexity index is 379. The van der Waals surface area contributed by atoms with Crippen molar-refractivity contribution in [1.82, 2.24) is 5.32 Å². The van der Waals surface area contributed by atoms with E-state index in [1.807, 2.05) is 17.5 Å². The lowest BCUT2D eigenvalue weighted by atomic mass is 10.1. The topological polar surface area (TPSA) is 81.4 Å². The summed E-state index contributed by atoms with van der Waals surface area (Å²) in [6, 6.07) is 3.46. The molecule has 100 valence electrons. The number of methoxy groups -OCH3 is 1. The first-order valence-corrected chi connectivity index (χ1v) is 6.65. The third-order valence-corrected chi connectivity index (χ3v) is 3.41. The third kappa shape index (κ3) is 4.85. The highest BCUT2D eigenvalue weighted by atomic mass is 32.1. The highest BCUT2D eigenvalue weighted by Gasteiger charge is 2.19. The maximum Gasteiger partial charge on any atom is 0.307 e. The van der Waals surface area contributed by atoms with Crippen molar-refractivity contribution in [2.24, 2.45) is 5.73 Å². The second kappa shape index (κ2) is 7.84. The fourth-order valence-electron chi connectivity index (χ4n) is 1.49. The Balaban J connectivity index is 2.60. The summed E-state index contributed by atoms with van der Waals surface area (Å²) < 4.78 is 4.64. The zero-order valence-electron chi connectivity index (χ0n) is 10.3. The predicted molar refractivity (Wildman–Crippen MR) is 70.1 cm³/mol. The molecule has 1 heterocycles. The number of hydrogen-bond donors (Lipinski definition) is 2. The first-order valence-electron chi connectivity index (χ1n) is 5.77. The lowest BCUT2D eigenvalue weighted by Gasteiger charge is -2.16. The normalized spacial score (nSPS) is 11.9. The van der Waals surface area contributed by atoms with Gasteiger partial charge in [0, 0.05) is 11.3 Å². The Hall–Kier alpha value is -1.40. The molecule has 0 saturated heterocycles. The number of nitrogens with two attached hydrogens (primary N) is 1. The van der Waals surface area contributed by atoms with Crippen LogP contribution in [0.5, 0.6) is 0 Å². The summed E-state index contributed by atoms with van der Waals surface area (Å²) in [5, 5.41) is 4.74. The van der Waals surface area contributed by atoms with Gasteiger partial charge in [0.15, 0.2) is 0 Å². The van der Waals surface area contributed by atoms with Crippen molar-refractivity contribution in [1.29, 1.82) is 0 Å². The van der Waals surface area contributed by atoms with Crippen LogP contribution in [-0.2, 0) is 14.3 Å². The molecule has 1 unspecified atom stereocenters. The number of carbonyl (C=O) groups excluding carboxylic acids is 2. The maximum atomic E-state index is 11.7. The van der Waals surface area contributed by atoms with E-state index in [4.69, 9.17) is 5.73 Å². The van der Waals surface area contributed by atoms with Crippen molar-refractivity contribution in [3.05, 3.63) is 22.4 Å². The molecule has 0 radical (unpaired) electrons. The lowest BCUT2D eigenvalue weighted by Crippen LogP contribution is -2.30. The molecule has 1 aromatic heterocycles.